The summed E-state index contributed by atoms with van der Waals surface area (Å²) >= 11 is 0. The van der Waals surface area contributed by atoms with E-state index in [0.29, 0.717) is 11.7 Å². The Kier molecular flexibility index (Phi) is 3.34. The smallest absolute Gasteiger partial charge is 0.279 e. The van der Waals surface area contributed by atoms with Crippen LogP contribution < -0.4 is 5.32 Å². The molecule has 1 amide bonds. The van der Waals surface area contributed by atoms with E-state index < -0.39 is 0 Å². The fourth-order valence-corrected chi connectivity index (χ4v) is 2.35. The molecule has 0 radical (unpaired) electrons. The molecule has 0 aliphatic heterocycles. The summed E-state index contributed by atoms with van der Waals surface area (Å²) in [6, 6.07) is 9.19. The van der Waals surface area contributed by atoms with Gasteiger partial charge in [0.1, 0.15) is 11.6 Å². The number of hydrogen-bond donors (Lipinski definition) is 1. The molecule has 3 aromatic heterocycles. The summed E-state index contributed by atoms with van der Waals surface area (Å²) in [7, 11) is 0. The van der Waals surface area contributed by atoms with Crippen LogP contribution in [0, 0.1) is 0 Å². The number of aromatic nitrogens is 3. The minimum absolute atomic E-state index is 0.278. The molecular weight excluding hydrogens is 292 g/mol. The normalized spacial score (nSPS) is 13.7. The lowest BCUT2D eigenvalue weighted by Crippen LogP contribution is -2.13. The molecule has 0 bridgehead atoms. The maximum atomic E-state index is 12.2. The quantitative estimate of drug-likeness (QED) is 0.800. The van der Waals surface area contributed by atoms with Crippen molar-refractivity contribution in [2.75, 3.05) is 5.32 Å². The lowest BCUT2D eigenvalue weighted by molar-refractivity contribution is 0.101. The molecule has 4 rings (SSSR count). The van der Waals surface area contributed by atoms with Crippen molar-refractivity contribution < 1.29 is 9.32 Å². The summed E-state index contributed by atoms with van der Waals surface area (Å²) in [4.78, 5) is 20.5. The van der Waals surface area contributed by atoms with Crippen LogP contribution in [-0.4, -0.2) is 21.0 Å². The highest BCUT2D eigenvalue weighted by Crippen LogP contribution is 2.40. The van der Waals surface area contributed by atoms with Crippen molar-refractivity contribution in [2.45, 2.75) is 18.8 Å². The van der Waals surface area contributed by atoms with E-state index in [2.05, 4.69) is 20.4 Å². The number of hydrogen-bond acceptors (Lipinski definition) is 5. The molecule has 6 heteroatoms. The third-order valence-corrected chi connectivity index (χ3v) is 3.74. The number of nitrogens with one attached hydrogen (secondary N) is 1. The van der Waals surface area contributed by atoms with Crippen LogP contribution in [0.15, 0.2) is 53.4 Å². The van der Waals surface area contributed by atoms with E-state index in [-0.39, 0.29) is 11.6 Å². The summed E-state index contributed by atoms with van der Waals surface area (Å²) in [5, 5.41) is 6.58. The van der Waals surface area contributed by atoms with Crippen LogP contribution >= 0.6 is 0 Å². The predicted octanol–water partition coefficient (Wildman–Crippen LogP) is 3.26. The van der Waals surface area contributed by atoms with Gasteiger partial charge in [-0.25, -0.2) is 4.98 Å². The Labute approximate surface area is 132 Å². The number of rotatable bonds is 4. The van der Waals surface area contributed by atoms with E-state index in [0.717, 1.165) is 29.7 Å². The zero-order valence-electron chi connectivity index (χ0n) is 12.3. The van der Waals surface area contributed by atoms with Crippen molar-refractivity contribution in [3.05, 3.63) is 60.4 Å². The lowest BCUT2D eigenvalue weighted by atomic mass is 10.1. The molecule has 0 spiro atoms. The molecule has 0 unspecified atom stereocenters. The average Bonchev–Trinajstić information content (AvgIpc) is 3.33. The third-order valence-electron chi connectivity index (χ3n) is 3.74. The van der Waals surface area contributed by atoms with Gasteiger partial charge in [-0.1, -0.05) is 11.2 Å². The van der Waals surface area contributed by atoms with E-state index in [1.807, 2.05) is 18.2 Å². The fraction of sp³-hybridized carbons (Fsp3) is 0.176. The molecule has 1 fully saturated rings. The summed E-state index contributed by atoms with van der Waals surface area (Å²) in [6.45, 7) is 0. The van der Waals surface area contributed by atoms with Gasteiger partial charge < -0.3 is 9.84 Å². The first-order valence-electron chi connectivity index (χ1n) is 7.44. The van der Waals surface area contributed by atoms with Gasteiger partial charge in [-0.3, -0.25) is 9.78 Å². The van der Waals surface area contributed by atoms with Crippen molar-refractivity contribution in [2.24, 2.45) is 0 Å². The molecule has 0 atom stereocenters. The number of anilines is 1. The summed E-state index contributed by atoms with van der Waals surface area (Å²) < 4.78 is 5.20. The Hall–Kier alpha value is -3.02. The number of carbonyl (C=O) groups excluding carboxylic acids is 1. The third kappa shape index (κ3) is 2.96. The van der Waals surface area contributed by atoms with E-state index in [9.17, 15) is 4.79 Å². The summed E-state index contributed by atoms with van der Waals surface area (Å²) in [6.07, 6.45) is 7.34. The van der Waals surface area contributed by atoms with Crippen molar-refractivity contribution in [3.63, 3.8) is 0 Å². The van der Waals surface area contributed by atoms with Gasteiger partial charge in [-0.2, -0.15) is 0 Å². The van der Waals surface area contributed by atoms with Gasteiger partial charge in [0.05, 0.1) is 0 Å². The molecule has 23 heavy (non-hydrogen) atoms. The van der Waals surface area contributed by atoms with Crippen LogP contribution in [0.1, 0.15) is 35.0 Å². The minimum Gasteiger partial charge on any atom is -0.360 e. The Morgan fingerprint density at radius 2 is 2.09 bits per heavy atom. The topological polar surface area (TPSA) is 80.9 Å². The zero-order valence-corrected chi connectivity index (χ0v) is 12.3. The number of pyridine rings is 2. The SMILES string of the molecule is O=C(Nc1cc(-c2cccnc2)ccn1)c1cc(C2CC2)on1. The standard InChI is InChI=1S/C17H14N4O2/c22-17(14-9-15(23-21-14)11-3-4-11)20-16-8-12(5-7-19-16)13-2-1-6-18-10-13/h1-2,5-11H,3-4H2,(H,19,20,22). The Morgan fingerprint density at radius 1 is 1.17 bits per heavy atom. The van der Waals surface area contributed by atoms with Crippen LogP contribution in [0.5, 0.6) is 0 Å². The maximum Gasteiger partial charge on any atom is 0.279 e. The van der Waals surface area contributed by atoms with Gasteiger partial charge in [-0.05, 0) is 36.6 Å². The fourth-order valence-electron chi connectivity index (χ4n) is 2.35. The van der Waals surface area contributed by atoms with Crippen LogP contribution in [0.25, 0.3) is 11.1 Å². The van der Waals surface area contributed by atoms with Crippen molar-refractivity contribution in [1.29, 1.82) is 0 Å². The first kappa shape index (κ1) is 13.6. The highest BCUT2D eigenvalue weighted by Gasteiger charge is 2.28. The molecular formula is C17H14N4O2. The van der Waals surface area contributed by atoms with E-state index >= 15 is 0 Å². The first-order valence-corrected chi connectivity index (χ1v) is 7.44. The molecule has 6 nitrogen and oxygen atoms in total. The Morgan fingerprint density at radius 3 is 2.87 bits per heavy atom. The van der Waals surface area contributed by atoms with Gasteiger partial charge in [0.25, 0.3) is 5.91 Å². The molecule has 0 saturated heterocycles. The highest BCUT2D eigenvalue weighted by atomic mass is 16.5. The summed E-state index contributed by atoms with van der Waals surface area (Å²) in [5.74, 6) is 1.35. The monoisotopic (exact) mass is 306 g/mol. The van der Waals surface area contributed by atoms with E-state index in [1.54, 1.807) is 30.7 Å². The number of carbonyl (C=O) groups is 1. The van der Waals surface area contributed by atoms with Crippen molar-refractivity contribution in [3.8, 4) is 11.1 Å². The summed E-state index contributed by atoms with van der Waals surface area (Å²) in [5.41, 5.74) is 2.17. The molecule has 1 saturated carbocycles. The highest BCUT2D eigenvalue weighted by molar-refractivity contribution is 6.02. The lowest BCUT2D eigenvalue weighted by Gasteiger charge is -2.05. The largest absolute Gasteiger partial charge is 0.360 e. The van der Waals surface area contributed by atoms with Gasteiger partial charge in [-0.15, -0.1) is 0 Å². The second-order valence-corrected chi connectivity index (χ2v) is 5.51. The van der Waals surface area contributed by atoms with Crippen LogP contribution in [0.2, 0.25) is 0 Å². The van der Waals surface area contributed by atoms with Gasteiger partial charge in [0.2, 0.25) is 0 Å². The van der Waals surface area contributed by atoms with Crippen molar-refractivity contribution >= 4 is 11.7 Å². The number of nitrogens with zero attached hydrogens (tertiary/aromatic N) is 3. The van der Waals surface area contributed by atoms with E-state index in [4.69, 9.17) is 4.52 Å². The zero-order chi connectivity index (χ0) is 15.6. The van der Waals surface area contributed by atoms with Crippen LogP contribution in [-0.2, 0) is 0 Å². The van der Waals surface area contributed by atoms with E-state index in [1.165, 1.54) is 0 Å². The van der Waals surface area contributed by atoms with Gasteiger partial charge >= 0.3 is 0 Å². The van der Waals surface area contributed by atoms with Crippen molar-refractivity contribution in [1.82, 2.24) is 15.1 Å². The Balaban J connectivity index is 1.52. The van der Waals surface area contributed by atoms with Crippen LogP contribution in [0.3, 0.4) is 0 Å². The average molecular weight is 306 g/mol. The molecule has 114 valence electrons. The molecule has 0 aromatic carbocycles. The molecule has 3 heterocycles. The minimum atomic E-state index is -0.323. The molecule has 1 aliphatic rings. The number of amides is 1. The van der Waals surface area contributed by atoms with Gasteiger partial charge in [0, 0.05) is 36.1 Å². The maximum absolute atomic E-state index is 12.2. The molecule has 1 aliphatic carbocycles. The van der Waals surface area contributed by atoms with Crippen LogP contribution in [0.4, 0.5) is 5.82 Å². The second kappa shape index (κ2) is 5.64. The van der Waals surface area contributed by atoms with Gasteiger partial charge in [0.15, 0.2) is 5.69 Å². The second-order valence-electron chi connectivity index (χ2n) is 5.51. The molecule has 1 N–H and O–H groups in total. The molecule has 3 aromatic rings. The Bertz CT molecular complexity index is 841. The first-order chi connectivity index (χ1) is 11.3. The predicted molar refractivity (Wildman–Crippen MR) is 83.9 cm³/mol.